The Kier molecular flexibility index (Phi) is 7.85. The second-order valence-corrected chi connectivity index (χ2v) is 11.9. The molecular weight excluding hydrogens is 472 g/mol. The van der Waals surface area contributed by atoms with Gasteiger partial charge in [0.1, 0.15) is 5.75 Å². The Labute approximate surface area is 207 Å². The first-order valence-corrected chi connectivity index (χ1v) is 13.8. The van der Waals surface area contributed by atoms with E-state index >= 15 is 0 Å². The van der Waals surface area contributed by atoms with E-state index in [1.54, 1.807) is 28.6 Å². The highest BCUT2D eigenvalue weighted by Crippen LogP contribution is 2.38. The number of benzene rings is 2. The molecule has 0 radical (unpaired) electrons. The van der Waals surface area contributed by atoms with Crippen molar-refractivity contribution in [1.29, 1.82) is 0 Å². The molecule has 2 aromatic rings. The number of carbonyl (C=O) groups excluding carboxylic acids is 1. The van der Waals surface area contributed by atoms with Crippen molar-refractivity contribution in [3.63, 3.8) is 0 Å². The van der Waals surface area contributed by atoms with Crippen molar-refractivity contribution in [2.75, 3.05) is 32.8 Å². The third-order valence-electron chi connectivity index (χ3n) is 7.09. The van der Waals surface area contributed by atoms with Crippen molar-refractivity contribution in [2.24, 2.45) is 5.41 Å². The lowest BCUT2D eigenvalue weighted by molar-refractivity contribution is -0.136. The van der Waals surface area contributed by atoms with Gasteiger partial charge in [0.15, 0.2) is 0 Å². The van der Waals surface area contributed by atoms with Crippen molar-refractivity contribution in [1.82, 2.24) is 9.21 Å². The molecule has 0 N–H and O–H groups in total. The van der Waals surface area contributed by atoms with Crippen molar-refractivity contribution in [3.8, 4) is 5.75 Å². The lowest BCUT2D eigenvalue weighted by Crippen LogP contribution is -2.48. The van der Waals surface area contributed by atoms with Crippen molar-refractivity contribution < 1.29 is 17.9 Å². The van der Waals surface area contributed by atoms with Gasteiger partial charge in [-0.05, 0) is 74.9 Å². The number of rotatable bonds is 7. The summed E-state index contributed by atoms with van der Waals surface area (Å²) in [6, 6.07) is 14.3. The number of halogens is 1. The van der Waals surface area contributed by atoms with Gasteiger partial charge in [0, 0.05) is 43.0 Å². The second kappa shape index (κ2) is 10.7. The highest BCUT2D eigenvalue weighted by atomic mass is 35.5. The Morgan fingerprint density at radius 1 is 0.971 bits per heavy atom. The minimum absolute atomic E-state index is 0.148. The van der Waals surface area contributed by atoms with Crippen molar-refractivity contribution in [3.05, 3.63) is 59.1 Å². The molecule has 0 saturated carbocycles. The molecule has 8 heteroatoms. The van der Waals surface area contributed by atoms with Crippen LogP contribution >= 0.6 is 11.6 Å². The molecule has 0 spiro atoms. The Morgan fingerprint density at radius 2 is 1.62 bits per heavy atom. The molecule has 34 heavy (non-hydrogen) atoms. The van der Waals surface area contributed by atoms with Crippen LogP contribution in [0.4, 0.5) is 0 Å². The molecule has 0 atom stereocenters. The quantitative estimate of drug-likeness (QED) is 0.537. The Bertz CT molecular complexity index is 1090. The van der Waals surface area contributed by atoms with E-state index in [0.717, 1.165) is 31.5 Å². The number of sulfonamides is 1. The van der Waals surface area contributed by atoms with Gasteiger partial charge >= 0.3 is 0 Å². The average molecular weight is 505 g/mol. The van der Waals surface area contributed by atoms with Crippen LogP contribution in [0.15, 0.2) is 53.4 Å². The molecule has 2 heterocycles. The standard InChI is InChI=1S/C26H33ClN2O4S/c1-21-7-3-4-8-24(21)34(31,32)29-17-13-26(14-18-29,19-25(30)28-15-5-2-6-16-28)20-33-23-11-9-22(27)10-12-23/h3-4,7-12H,2,5-6,13-20H2,1H3. The summed E-state index contributed by atoms with van der Waals surface area (Å²) in [5.74, 6) is 0.846. The smallest absolute Gasteiger partial charge is 0.243 e. The Balaban J connectivity index is 1.50. The number of amides is 1. The van der Waals surface area contributed by atoms with Crippen LogP contribution in [0.3, 0.4) is 0 Å². The monoisotopic (exact) mass is 504 g/mol. The first kappa shape index (κ1) is 25.0. The van der Waals surface area contributed by atoms with Crippen LogP contribution in [-0.2, 0) is 14.8 Å². The highest BCUT2D eigenvalue weighted by molar-refractivity contribution is 7.89. The molecule has 2 aromatic carbocycles. The van der Waals surface area contributed by atoms with Gasteiger partial charge in [-0.3, -0.25) is 4.79 Å². The third kappa shape index (κ3) is 5.75. The van der Waals surface area contributed by atoms with E-state index in [1.807, 2.05) is 36.1 Å². The minimum Gasteiger partial charge on any atom is -0.493 e. The van der Waals surface area contributed by atoms with Gasteiger partial charge in [-0.1, -0.05) is 29.8 Å². The summed E-state index contributed by atoms with van der Waals surface area (Å²) in [5.41, 5.74) is 0.331. The van der Waals surface area contributed by atoms with E-state index in [2.05, 4.69) is 0 Å². The van der Waals surface area contributed by atoms with Crippen LogP contribution in [0.25, 0.3) is 0 Å². The van der Waals surface area contributed by atoms with Crippen LogP contribution in [0.2, 0.25) is 5.02 Å². The van der Waals surface area contributed by atoms with Crippen LogP contribution in [0.5, 0.6) is 5.75 Å². The Hall–Kier alpha value is -2.09. The summed E-state index contributed by atoms with van der Waals surface area (Å²) in [6.07, 6.45) is 4.78. The maximum Gasteiger partial charge on any atom is 0.243 e. The lowest BCUT2D eigenvalue weighted by Gasteiger charge is -2.42. The predicted octanol–water partition coefficient (Wildman–Crippen LogP) is 4.90. The fourth-order valence-corrected chi connectivity index (χ4v) is 6.69. The zero-order valence-corrected chi connectivity index (χ0v) is 21.3. The molecule has 6 nitrogen and oxygen atoms in total. The summed E-state index contributed by atoms with van der Waals surface area (Å²) in [7, 11) is -3.58. The Morgan fingerprint density at radius 3 is 2.26 bits per heavy atom. The van der Waals surface area contributed by atoms with E-state index in [9.17, 15) is 13.2 Å². The molecule has 2 aliphatic heterocycles. The fourth-order valence-electron chi connectivity index (χ4n) is 4.90. The normalized spacial score (nSPS) is 19.1. The van der Waals surface area contributed by atoms with E-state index in [1.165, 1.54) is 6.42 Å². The minimum atomic E-state index is -3.58. The zero-order valence-electron chi connectivity index (χ0n) is 19.7. The number of aryl methyl sites for hydroxylation is 1. The number of hydrogen-bond acceptors (Lipinski definition) is 4. The zero-order chi connectivity index (χ0) is 24.2. The van der Waals surface area contributed by atoms with Crippen LogP contribution in [-0.4, -0.2) is 56.3 Å². The molecule has 0 bridgehead atoms. The van der Waals surface area contributed by atoms with Gasteiger partial charge < -0.3 is 9.64 Å². The van der Waals surface area contributed by atoms with Crippen LogP contribution in [0.1, 0.15) is 44.1 Å². The third-order valence-corrected chi connectivity index (χ3v) is 9.40. The summed E-state index contributed by atoms with van der Waals surface area (Å²) in [5, 5.41) is 0.636. The summed E-state index contributed by atoms with van der Waals surface area (Å²) < 4.78 is 34.3. The van der Waals surface area contributed by atoms with E-state index in [-0.39, 0.29) is 5.91 Å². The number of piperidine rings is 2. The van der Waals surface area contributed by atoms with Crippen molar-refractivity contribution >= 4 is 27.5 Å². The number of ether oxygens (including phenoxy) is 1. The number of nitrogens with zero attached hydrogens (tertiary/aromatic N) is 2. The largest absolute Gasteiger partial charge is 0.493 e. The van der Waals surface area contributed by atoms with E-state index in [4.69, 9.17) is 16.3 Å². The van der Waals surface area contributed by atoms with Gasteiger partial charge in [0.2, 0.25) is 15.9 Å². The molecule has 0 aromatic heterocycles. The van der Waals surface area contributed by atoms with Crippen molar-refractivity contribution in [2.45, 2.75) is 50.3 Å². The molecule has 2 aliphatic rings. The number of hydrogen-bond donors (Lipinski definition) is 0. The maximum atomic E-state index is 13.3. The van der Waals surface area contributed by atoms with Gasteiger partial charge in [-0.15, -0.1) is 0 Å². The predicted molar refractivity (Wildman–Crippen MR) is 134 cm³/mol. The topological polar surface area (TPSA) is 66.9 Å². The molecule has 1 amide bonds. The summed E-state index contributed by atoms with van der Waals surface area (Å²) >= 11 is 5.99. The maximum absolute atomic E-state index is 13.3. The van der Waals surface area contributed by atoms with E-state index < -0.39 is 15.4 Å². The fraction of sp³-hybridized carbons (Fsp3) is 0.500. The lowest BCUT2D eigenvalue weighted by atomic mass is 9.76. The molecule has 184 valence electrons. The number of carbonyl (C=O) groups is 1. The molecular formula is C26H33ClN2O4S. The molecule has 0 unspecified atom stereocenters. The second-order valence-electron chi connectivity index (χ2n) is 9.53. The van der Waals surface area contributed by atoms with E-state index in [0.29, 0.717) is 54.6 Å². The summed E-state index contributed by atoms with van der Waals surface area (Å²) in [6.45, 7) is 4.54. The average Bonchev–Trinajstić information content (AvgIpc) is 2.85. The first-order valence-electron chi connectivity index (χ1n) is 12.0. The van der Waals surface area contributed by atoms with Crippen LogP contribution < -0.4 is 4.74 Å². The number of likely N-dealkylation sites (tertiary alicyclic amines) is 1. The van der Waals surface area contributed by atoms with Gasteiger partial charge in [-0.25, -0.2) is 8.42 Å². The molecule has 2 fully saturated rings. The van der Waals surface area contributed by atoms with Gasteiger partial charge in [-0.2, -0.15) is 4.31 Å². The SMILES string of the molecule is Cc1ccccc1S(=O)(=O)N1CCC(COc2ccc(Cl)cc2)(CC(=O)N2CCCCC2)CC1. The first-order chi connectivity index (χ1) is 16.3. The molecule has 0 aliphatic carbocycles. The van der Waals surface area contributed by atoms with Gasteiger partial charge in [0.05, 0.1) is 11.5 Å². The molecule has 2 saturated heterocycles. The summed E-state index contributed by atoms with van der Waals surface area (Å²) in [4.78, 5) is 15.5. The highest BCUT2D eigenvalue weighted by Gasteiger charge is 2.42. The van der Waals surface area contributed by atoms with Gasteiger partial charge in [0.25, 0.3) is 0 Å². The van der Waals surface area contributed by atoms with Crippen LogP contribution in [0, 0.1) is 12.3 Å². The molecule has 4 rings (SSSR count).